The highest BCUT2D eigenvalue weighted by Gasteiger charge is 2.11. The van der Waals surface area contributed by atoms with E-state index in [1.807, 2.05) is 20.2 Å². The number of alkyl halides is 1. The van der Waals surface area contributed by atoms with Gasteiger partial charge in [0.2, 0.25) is 0 Å². The highest BCUT2D eigenvalue weighted by atomic mass is 32.1. The zero-order chi connectivity index (χ0) is 17.4. The van der Waals surface area contributed by atoms with E-state index in [4.69, 9.17) is 4.98 Å². The number of fused-ring (bicyclic) bond motifs is 3. The molecule has 1 N–H and O–H groups in total. The third-order valence-corrected chi connectivity index (χ3v) is 5.21. The number of rotatable bonds is 5. The fourth-order valence-electron chi connectivity index (χ4n) is 2.87. The lowest BCUT2D eigenvalue weighted by atomic mass is 10.1. The largest absolute Gasteiger partial charge is 0.382 e. The molecule has 0 aliphatic heterocycles. The van der Waals surface area contributed by atoms with Crippen molar-refractivity contribution in [2.75, 3.05) is 37.5 Å². The molecule has 0 amide bonds. The van der Waals surface area contributed by atoms with E-state index < -0.39 is 0 Å². The molecule has 0 atom stereocenters. The van der Waals surface area contributed by atoms with Crippen LogP contribution < -0.4 is 10.2 Å². The van der Waals surface area contributed by atoms with Gasteiger partial charge in [0.25, 0.3) is 0 Å². The summed E-state index contributed by atoms with van der Waals surface area (Å²) in [6, 6.07) is 14.5. The summed E-state index contributed by atoms with van der Waals surface area (Å²) in [5.41, 5.74) is 5.31. The summed E-state index contributed by atoms with van der Waals surface area (Å²) in [7, 11) is 4.06. The molecule has 0 aliphatic carbocycles. The van der Waals surface area contributed by atoms with Gasteiger partial charge in [0, 0.05) is 43.8 Å². The summed E-state index contributed by atoms with van der Waals surface area (Å²) < 4.78 is 15.6. The number of anilines is 2. The molecule has 4 aromatic rings. The first-order valence-electron chi connectivity index (χ1n) is 8.15. The molecule has 0 fully saturated rings. The Morgan fingerprint density at radius 2 is 1.96 bits per heavy atom. The van der Waals surface area contributed by atoms with Crippen LogP contribution in [0.5, 0.6) is 0 Å². The number of hydrogen-bond acceptors (Lipinski definition) is 4. The predicted molar refractivity (Wildman–Crippen MR) is 105 cm³/mol. The van der Waals surface area contributed by atoms with Crippen molar-refractivity contribution in [1.82, 2.24) is 9.38 Å². The zero-order valence-electron chi connectivity index (χ0n) is 14.2. The highest BCUT2D eigenvalue weighted by Crippen LogP contribution is 2.31. The van der Waals surface area contributed by atoms with Crippen LogP contribution in [0.15, 0.2) is 48.7 Å². The van der Waals surface area contributed by atoms with Gasteiger partial charge in [-0.05, 0) is 30.3 Å². The fraction of sp³-hybridized carbons (Fsp3) is 0.211. The number of nitrogens with one attached hydrogen (secondary N) is 1. The average Bonchev–Trinajstić information content (AvgIpc) is 3.17. The molecule has 4 rings (SSSR count). The second kappa shape index (κ2) is 6.37. The second-order valence-corrected chi connectivity index (χ2v) is 7.13. The zero-order valence-corrected chi connectivity index (χ0v) is 15.0. The second-order valence-electron chi connectivity index (χ2n) is 6.12. The third kappa shape index (κ3) is 2.93. The number of benzene rings is 2. The molecule has 4 nitrogen and oxygen atoms in total. The van der Waals surface area contributed by atoms with Gasteiger partial charge in [-0.25, -0.2) is 9.37 Å². The van der Waals surface area contributed by atoms with Crippen molar-refractivity contribution in [2.45, 2.75) is 0 Å². The van der Waals surface area contributed by atoms with Gasteiger partial charge in [0.05, 0.1) is 15.9 Å². The summed E-state index contributed by atoms with van der Waals surface area (Å²) in [6.45, 7) is -0.0388. The van der Waals surface area contributed by atoms with E-state index >= 15 is 0 Å². The summed E-state index contributed by atoms with van der Waals surface area (Å²) in [4.78, 5) is 7.82. The van der Waals surface area contributed by atoms with E-state index in [0.717, 1.165) is 32.1 Å². The summed E-state index contributed by atoms with van der Waals surface area (Å²) >= 11 is 1.64. The quantitative estimate of drug-likeness (QED) is 0.566. The minimum Gasteiger partial charge on any atom is -0.382 e. The number of halogens is 1. The molecule has 2 heterocycles. The molecular formula is C19H19FN4S. The summed E-state index contributed by atoms with van der Waals surface area (Å²) in [5, 5.41) is 3.07. The van der Waals surface area contributed by atoms with E-state index in [2.05, 4.69) is 57.2 Å². The van der Waals surface area contributed by atoms with Crippen molar-refractivity contribution in [1.29, 1.82) is 0 Å². The SMILES string of the molecule is CN(C)c1ccc(-c2cn3c(n2)sc2cc(NCC[18F])ccc23)cc1. The van der Waals surface area contributed by atoms with Crippen LogP contribution >= 0.6 is 11.3 Å². The average molecular weight is 353 g/mol. The number of nitrogens with zero attached hydrogens (tertiary/aromatic N) is 3. The fourth-order valence-corrected chi connectivity index (χ4v) is 3.92. The molecule has 0 unspecified atom stereocenters. The van der Waals surface area contributed by atoms with E-state index in [0.29, 0.717) is 6.54 Å². The van der Waals surface area contributed by atoms with Gasteiger partial charge in [0.15, 0.2) is 4.96 Å². The normalized spacial score (nSPS) is 11.3. The van der Waals surface area contributed by atoms with Gasteiger partial charge in [0.1, 0.15) is 6.67 Å². The molecule has 0 aliphatic rings. The minimum atomic E-state index is -0.373. The lowest BCUT2D eigenvalue weighted by Crippen LogP contribution is -2.07. The lowest BCUT2D eigenvalue weighted by molar-refractivity contribution is 0.513. The predicted octanol–water partition coefficient (Wildman–Crippen LogP) is 4.66. The first-order valence-corrected chi connectivity index (χ1v) is 8.96. The Labute approximate surface area is 149 Å². The Bertz CT molecular complexity index is 1020. The molecule has 0 saturated heterocycles. The topological polar surface area (TPSA) is 32.6 Å². The molecule has 0 spiro atoms. The van der Waals surface area contributed by atoms with Crippen molar-refractivity contribution in [3.63, 3.8) is 0 Å². The molecule has 0 saturated carbocycles. The molecule has 2 aromatic carbocycles. The minimum absolute atomic E-state index is 0.334. The maximum Gasteiger partial charge on any atom is 0.195 e. The van der Waals surface area contributed by atoms with Crippen LogP contribution in [0.2, 0.25) is 0 Å². The van der Waals surface area contributed by atoms with Gasteiger partial charge < -0.3 is 10.2 Å². The van der Waals surface area contributed by atoms with Crippen LogP contribution in [-0.2, 0) is 0 Å². The van der Waals surface area contributed by atoms with Crippen LogP contribution in [-0.4, -0.2) is 36.7 Å². The Morgan fingerprint density at radius 3 is 2.68 bits per heavy atom. The van der Waals surface area contributed by atoms with Crippen LogP contribution in [0, 0.1) is 0 Å². The van der Waals surface area contributed by atoms with Gasteiger partial charge in [-0.15, -0.1) is 0 Å². The van der Waals surface area contributed by atoms with Crippen molar-refractivity contribution in [3.8, 4) is 11.3 Å². The molecule has 128 valence electrons. The van der Waals surface area contributed by atoms with Gasteiger partial charge >= 0.3 is 0 Å². The van der Waals surface area contributed by atoms with Crippen LogP contribution in [0.25, 0.3) is 26.4 Å². The molecule has 0 radical (unpaired) electrons. The van der Waals surface area contributed by atoms with Gasteiger partial charge in [-0.2, -0.15) is 0 Å². The lowest BCUT2D eigenvalue weighted by Gasteiger charge is -2.12. The van der Waals surface area contributed by atoms with E-state index in [1.54, 1.807) is 11.3 Å². The Balaban J connectivity index is 1.70. The third-order valence-electron chi connectivity index (χ3n) is 4.20. The maximum atomic E-state index is 12.3. The number of aromatic nitrogens is 2. The Hall–Kier alpha value is -2.60. The standard InChI is InChI=1S/C19H19FN4S/c1-23(2)15-6-3-13(4-7-15)16-12-24-17-8-5-14(21-10-9-20)11-18(17)25-19(24)22-16/h3-8,11-12,21H,9-10H2,1-2H3/i20-1. The van der Waals surface area contributed by atoms with E-state index in [9.17, 15) is 4.39 Å². The number of hydrogen-bond donors (Lipinski definition) is 1. The van der Waals surface area contributed by atoms with Crippen LogP contribution in [0.1, 0.15) is 0 Å². The first-order chi connectivity index (χ1) is 12.2. The highest BCUT2D eigenvalue weighted by molar-refractivity contribution is 7.23. The molecule has 6 heteroatoms. The number of thiazole rings is 1. The van der Waals surface area contributed by atoms with Crippen LogP contribution in [0.3, 0.4) is 0 Å². The van der Waals surface area contributed by atoms with Gasteiger partial charge in [-0.3, -0.25) is 4.40 Å². The van der Waals surface area contributed by atoms with Crippen molar-refractivity contribution >= 4 is 37.9 Å². The molecule has 0 bridgehead atoms. The summed E-state index contributed by atoms with van der Waals surface area (Å²) in [6.07, 6.45) is 2.08. The van der Waals surface area contributed by atoms with Gasteiger partial charge in [-0.1, -0.05) is 23.5 Å². The molecular weight excluding hydrogens is 334 g/mol. The molecule has 25 heavy (non-hydrogen) atoms. The number of imidazole rings is 1. The van der Waals surface area contributed by atoms with E-state index in [-0.39, 0.29) is 6.67 Å². The van der Waals surface area contributed by atoms with Crippen molar-refractivity contribution in [3.05, 3.63) is 48.7 Å². The van der Waals surface area contributed by atoms with Crippen LogP contribution in [0.4, 0.5) is 15.8 Å². The monoisotopic (exact) mass is 353 g/mol. The van der Waals surface area contributed by atoms with Crippen molar-refractivity contribution < 1.29 is 4.39 Å². The first kappa shape index (κ1) is 15.9. The van der Waals surface area contributed by atoms with E-state index in [1.165, 1.54) is 5.69 Å². The molecule has 2 aromatic heterocycles. The summed E-state index contributed by atoms with van der Waals surface area (Å²) in [5.74, 6) is 0. The van der Waals surface area contributed by atoms with Crippen molar-refractivity contribution in [2.24, 2.45) is 0 Å². The Kier molecular flexibility index (Phi) is 4.05. The smallest absolute Gasteiger partial charge is 0.195 e. The Morgan fingerprint density at radius 1 is 1.16 bits per heavy atom. The maximum absolute atomic E-state index is 12.3.